The molecule has 1 aliphatic heterocycles. The molecule has 1 fully saturated rings. The van der Waals surface area contributed by atoms with E-state index in [0.717, 1.165) is 18.9 Å². The van der Waals surface area contributed by atoms with E-state index in [1.807, 2.05) is 0 Å². The normalized spacial score (nSPS) is 19.4. The number of urea groups is 1. The number of amidine groups is 1. The second-order valence-corrected chi connectivity index (χ2v) is 5.30. The number of anilines is 1. The van der Waals surface area contributed by atoms with Crippen LogP contribution in [0.2, 0.25) is 0 Å². The Bertz CT molecular complexity index is 562. The van der Waals surface area contributed by atoms with Crippen LogP contribution >= 0.6 is 0 Å². The molecule has 1 aromatic rings. The summed E-state index contributed by atoms with van der Waals surface area (Å²) in [6.07, 6.45) is 2.06. The van der Waals surface area contributed by atoms with Gasteiger partial charge in [0.2, 0.25) is 0 Å². The van der Waals surface area contributed by atoms with E-state index < -0.39 is 5.82 Å². The van der Waals surface area contributed by atoms with Crippen LogP contribution in [0.1, 0.15) is 25.3 Å². The van der Waals surface area contributed by atoms with Gasteiger partial charge in [0.15, 0.2) is 5.84 Å². The van der Waals surface area contributed by atoms with E-state index in [9.17, 15) is 9.18 Å². The lowest BCUT2D eigenvalue weighted by Crippen LogP contribution is -2.41. The summed E-state index contributed by atoms with van der Waals surface area (Å²) < 4.78 is 13.9. The number of benzene rings is 1. The number of halogens is 1. The molecule has 1 aliphatic rings. The number of amides is 2. The number of oxime groups is 1. The highest BCUT2D eigenvalue weighted by Crippen LogP contribution is 2.19. The molecular weight excluding hydrogens is 275 g/mol. The molecule has 2 amide bonds. The van der Waals surface area contributed by atoms with Gasteiger partial charge in [-0.2, -0.15) is 0 Å². The van der Waals surface area contributed by atoms with Crippen LogP contribution in [0.3, 0.4) is 0 Å². The van der Waals surface area contributed by atoms with Crippen molar-refractivity contribution in [2.45, 2.75) is 19.8 Å². The van der Waals surface area contributed by atoms with Gasteiger partial charge in [0.25, 0.3) is 0 Å². The molecule has 0 bridgehead atoms. The van der Waals surface area contributed by atoms with Crippen LogP contribution in [0, 0.1) is 11.7 Å². The average Bonchev–Trinajstić information content (AvgIpc) is 2.48. The van der Waals surface area contributed by atoms with Gasteiger partial charge >= 0.3 is 6.03 Å². The zero-order valence-corrected chi connectivity index (χ0v) is 11.8. The molecule has 21 heavy (non-hydrogen) atoms. The van der Waals surface area contributed by atoms with E-state index in [1.54, 1.807) is 4.90 Å². The Balaban J connectivity index is 2.07. The van der Waals surface area contributed by atoms with Crippen molar-refractivity contribution in [1.82, 2.24) is 4.90 Å². The predicted molar refractivity (Wildman–Crippen MR) is 77.9 cm³/mol. The van der Waals surface area contributed by atoms with Crippen molar-refractivity contribution in [2.75, 3.05) is 18.4 Å². The summed E-state index contributed by atoms with van der Waals surface area (Å²) >= 11 is 0. The van der Waals surface area contributed by atoms with Crippen molar-refractivity contribution in [3.05, 3.63) is 29.6 Å². The Morgan fingerprint density at radius 1 is 1.57 bits per heavy atom. The molecule has 1 heterocycles. The Morgan fingerprint density at radius 3 is 2.95 bits per heavy atom. The Kier molecular flexibility index (Phi) is 4.62. The molecule has 114 valence electrons. The SMILES string of the molecule is CC1CCCN(C(=O)Nc2ccc(/C(N)=N/O)cc2F)C1. The molecule has 1 aromatic carbocycles. The minimum atomic E-state index is -0.627. The summed E-state index contributed by atoms with van der Waals surface area (Å²) in [5, 5.41) is 13.9. The highest BCUT2D eigenvalue weighted by Gasteiger charge is 2.21. The molecule has 4 N–H and O–H groups in total. The molecule has 6 nitrogen and oxygen atoms in total. The lowest BCUT2D eigenvalue weighted by Gasteiger charge is -2.31. The highest BCUT2D eigenvalue weighted by atomic mass is 19.1. The molecule has 0 radical (unpaired) electrons. The molecule has 1 unspecified atom stereocenters. The van der Waals surface area contributed by atoms with E-state index in [2.05, 4.69) is 17.4 Å². The zero-order valence-electron chi connectivity index (χ0n) is 11.8. The maximum absolute atomic E-state index is 13.9. The number of hydrogen-bond acceptors (Lipinski definition) is 3. The molecule has 2 rings (SSSR count). The van der Waals surface area contributed by atoms with Crippen molar-refractivity contribution in [1.29, 1.82) is 0 Å². The topological polar surface area (TPSA) is 91.0 Å². The van der Waals surface area contributed by atoms with Gasteiger partial charge in [-0.15, -0.1) is 0 Å². The molecule has 0 spiro atoms. The maximum Gasteiger partial charge on any atom is 0.321 e. The number of piperidine rings is 1. The van der Waals surface area contributed by atoms with E-state index in [-0.39, 0.29) is 23.1 Å². The summed E-state index contributed by atoms with van der Waals surface area (Å²) in [5.74, 6) is -0.355. The van der Waals surface area contributed by atoms with Crippen LogP contribution in [0.4, 0.5) is 14.9 Å². The first-order chi connectivity index (χ1) is 10.0. The fraction of sp³-hybridized carbons (Fsp3) is 0.429. The number of nitrogens with zero attached hydrogens (tertiary/aromatic N) is 2. The molecule has 0 aromatic heterocycles. The van der Waals surface area contributed by atoms with Gasteiger partial charge in [-0.1, -0.05) is 12.1 Å². The van der Waals surface area contributed by atoms with Crippen molar-refractivity contribution >= 4 is 17.6 Å². The van der Waals surface area contributed by atoms with Gasteiger partial charge in [-0.25, -0.2) is 9.18 Å². The molecule has 0 aliphatic carbocycles. The summed E-state index contributed by atoms with van der Waals surface area (Å²) in [5.41, 5.74) is 5.71. The number of nitrogens with two attached hydrogens (primary N) is 1. The predicted octanol–water partition coefficient (Wildman–Crippen LogP) is 2.18. The third kappa shape index (κ3) is 3.62. The number of carbonyl (C=O) groups excluding carboxylic acids is 1. The number of likely N-dealkylation sites (tertiary alicyclic amines) is 1. The van der Waals surface area contributed by atoms with Crippen LogP contribution in [-0.4, -0.2) is 35.1 Å². The summed E-state index contributed by atoms with van der Waals surface area (Å²) in [7, 11) is 0. The first kappa shape index (κ1) is 15.1. The smallest absolute Gasteiger partial charge is 0.321 e. The van der Waals surface area contributed by atoms with Gasteiger partial charge < -0.3 is 21.2 Å². The molecule has 7 heteroatoms. The van der Waals surface area contributed by atoms with Crippen molar-refractivity contribution in [2.24, 2.45) is 16.8 Å². The summed E-state index contributed by atoms with van der Waals surface area (Å²) in [6.45, 7) is 3.45. The zero-order chi connectivity index (χ0) is 15.4. The van der Waals surface area contributed by atoms with Crippen molar-refractivity contribution in [3.63, 3.8) is 0 Å². The first-order valence-electron chi connectivity index (χ1n) is 6.84. The van der Waals surface area contributed by atoms with Crippen LogP contribution < -0.4 is 11.1 Å². The van der Waals surface area contributed by atoms with Gasteiger partial charge in [0, 0.05) is 18.7 Å². The van der Waals surface area contributed by atoms with E-state index in [0.29, 0.717) is 19.0 Å². The molecule has 0 saturated carbocycles. The number of hydrogen-bond donors (Lipinski definition) is 3. The number of nitrogens with one attached hydrogen (secondary N) is 1. The average molecular weight is 294 g/mol. The van der Waals surface area contributed by atoms with Gasteiger partial charge in [0.1, 0.15) is 5.82 Å². The minimum absolute atomic E-state index is 0.0766. The Morgan fingerprint density at radius 2 is 2.33 bits per heavy atom. The fourth-order valence-electron chi connectivity index (χ4n) is 2.40. The number of carbonyl (C=O) groups is 1. The van der Waals surface area contributed by atoms with Gasteiger partial charge in [-0.3, -0.25) is 0 Å². The van der Waals surface area contributed by atoms with E-state index in [4.69, 9.17) is 10.9 Å². The van der Waals surface area contributed by atoms with Crippen LogP contribution in [0.25, 0.3) is 0 Å². The van der Waals surface area contributed by atoms with Gasteiger partial charge in [0.05, 0.1) is 5.69 Å². The highest BCUT2D eigenvalue weighted by molar-refractivity contribution is 5.98. The van der Waals surface area contributed by atoms with E-state index >= 15 is 0 Å². The van der Waals surface area contributed by atoms with Crippen LogP contribution in [0.5, 0.6) is 0 Å². The second kappa shape index (κ2) is 6.43. The summed E-state index contributed by atoms with van der Waals surface area (Å²) in [4.78, 5) is 13.8. The van der Waals surface area contributed by atoms with Gasteiger partial charge in [-0.05, 0) is 37.0 Å². The fourth-order valence-corrected chi connectivity index (χ4v) is 2.40. The first-order valence-corrected chi connectivity index (χ1v) is 6.84. The third-order valence-electron chi connectivity index (χ3n) is 3.56. The monoisotopic (exact) mass is 294 g/mol. The molecule has 1 saturated heterocycles. The Labute approximate surface area is 122 Å². The maximum atomic E-state index is 13.9. The lowest BCUT2D eigenvalue weighted by molar-refractivity contribution is 0.182. The largest absolute Gasteiger partial charge is 0.409 e. The standard InChI is InChI=1S/C14H19FN4O2/c1-9-3-2-6-19(8-9)14(20)17-12-5-4-10(7-11(12)15)13(16)18-21/h4-5,7,9,21H,2-3,6,8H2,1H3,(H2,16,18)(H,17,20). The summed E-state index contributed by atoms with van der Waals surface area (Å²) in [6, 6.07) is 3.68. The quantitative estimate of drug-likeness (QED) is 0.338. The minimum Gasteiger partial charge on any atom is -0.409 e. The van der Waals surface area contributed by atoms with E-state index in [1.165, 1.54) is 12.1 Å². The van der Waals surface area contributed by atoms with Crippen molar-refractivity contribution in [3.8, 4) is 0 Å². The third-order valence-corrected chi connectivity index (χ3v) is 3.56. The second-order valence-electron chi connectivity index (χ2n) is 5.30. The molecular formula is C14H19FN4O2. The lowest BCUT2D eigenvalue weighted by atomic mass is 10.0. The number of rotatable bonds is 2. The Hall–Kier alpha value is -2.31. The van der Waals surface area contributed by atoms with Crippen LogP contribution in [0.15, 0.2) is 23.4 Å². The molecule has 1 atom stereocenters. The van der Waals surface area contributed by atoms with Crippen LogP contribution in [-0.2, 0) is 0 Å². The van der Waals surface area contributed by atoms with Crippen molar-refractivity contribution < 1.29 is 14.4 Å².